The number of esters is 2. The Hall–Kier alpha value is -1.58. The first-order chi connectivity index (χ1) is 8.68. The Morgan fingerprint density at radius 1 is 1.32 bits per heavy atom. The zero-order chi connectivity index (χ0) is 15.2. The molecule has 0 amide bonds. The molecule has 0 aromatic heterocycles. The molecule has 0 radical (unpaired) electrons. The molecule has 0 aromatic carbocycles. The zero-order valence-electron chi connectivity index (χ0n) is 12.7. The van der Waals surface area contributed by atoms with Crippen molar-refractivity contribution < 1.29 is 19.1 Å². The summed E-state index contributed by atoms with van der Waals surface area (Å²) in [6, 6.07) is 0. The Labute approximate surface area is 115 Å². The minimum Gasteiger partial charge on any atom is -0.469 e. The summed E-state index contributed by atoms with van der Waals surface area (Å²) < 4.78 is 9.85. The van der Waals surface area contributed by atoms with Crippen LogP contribution in [-0.4, -0.2) is 25.7 Å². The molecular formula is C15H24O4. The van der Waals surface area contributed by atoms with Crippen molar-refractivity contribution in [2.24, 2.45) is 11.3 Å². The number of carbonyl (C=O) groups is 2. The molecule has 1 atom stereocenters. The van der Waals surface area contributed by atoms with E-state index in [1.807, 2.05) is 6.92 Å². The fourth-order valence-electron chi connectivity index (χ4n) is 2.13. The number of rotatable bonds is 6. The summed E-state index contributed by atoms with van der Waals surface area (Å²) in [5.74, 6) is -1.55. The SMILES string of the molecule is C=C(C)/C=C(\C)C(C(=O)OCC)C(C)(C)C(=O)OC. The van der Waals surface area contributed by atoms with Crippen LogP contribution < -0.4 is 0 Å². The molecule has 0 aliphatic rings. The van der Waals surface area contributed by atoms with Crippen molar-refractivity contribution in [2.45, 2.75) is 34.6 Å². The van der Waals surface area contributed by atoms with E-state index in [0.717, 1.165) is 11.1 Å². The molecule has 0 aromatic rings. The fraction of sp³-hybridized carbons (Fsp3) is 0.600. The van der Waals surface area contributed by atoms with E-state index in [2.05, 4.69) is 6.58 Å². The number of ether oxygens (including phenoxy) is 2. The third kappa shape index (κ3) is 4.54. The third-order valence-electron chi connectivity index (χ3n) is 2.88. The lowest BCUT2D eigenvalue weighted by atomic mass is 9.74. The predicted molar refractivity (Wildman–Crippen MR) is 74.5 cm³/mol. The highest BCUT2D eigenvalue weighted by atomic mass is 16.5. The lowest BCUT2D eigenvalue weighted by Gasteiger charge is -2.30. The normalized spacial score (nSPS) is 13.7. The van der Waals surface area contributed by atoms with Crippen LogP contribution in [-0.2, 0) is 19.1 Å². The molecule has 0 aliphatic heterocycles. The number of carbonyl (C=O) groups excluding carboxylic acids is 2. The van der Waals surface area contributed by atoms with Crippen LogP contribution in [0.2, 0.25) is 0 Å². The van der Waals surface area contributed by atoms with Crippen molar-refractivity contribution in [3.8, 4) is 0 Å². The first-order valence-electron chi connectivity index (χ1n) is 6.27. The molecule has 0 heterocycles. The Balaban J connectivity index is 5.58. The predicted octanol–water partition coefficient (Wildman–Crippen LogP) is 2.89. The smallest absolute Gasteiger partial charge is 0.314 e. The van der Waals surface area contributed by atoms with Gasteiger partial charge in [-0.2, -0.15) is 0 Å². The Morgan fingerprint density at radius 3 is 2.21 bits per heavy atom. The van der Waals surface area contributed by atoms with Crippen molar-refractivity contribution in [2.75, 3.05) is 13.7 Å². The third-order valence-corrected chi connectivity index (χ3v) is 2.88. The van der Waals surface area contributed by atoms with E-state index < -0.39 is 23.3 Å². The summed E-state index contributed by atoms with van der Waals surface area (Å²) in [5, 5.41) is 0. The van der Waals surface area contributed by atoms with Crippen LogP contribution in [0, 0.1) is 11.3 Å². The maximum Gasteiger partial charge on any atom is 0.314 e. The maximum absolute atomic E-state index is 12.1. The molecule has 0 saturated carbocycles. The van der Waals surface area contributed by atoms with Gasteiger partial charge in [-0.05, 0) is 34.6 Å². The number of hydrogen-bond donors (Lipinski definition) is 0. The van der Waals surface area contributed by atoms with Crippen LogP contribution in [0.3, 0.4) is 0 Å². The van der Waals surface area contributed by atoms with Gasteiger partial charge in [0.25, 0.3) is 0 Å². The van der Waals surface area contributed by atoms with E-state index >= 15 is 0 Å². The quantitative estimate of drug-likeness (QED) is 0.549. The highest BCUT2D eigenvalue weighted by Crippen LogP contribution is 2.35. The first-order valence-corrected chi connectivity index (χ1v) is 6.27. The van der Waals surface area contributed by atoms with Crippen LogP contribution in [0.15, 0.2) is 23.8 Å². The second kappa shape index (κ2) is 7.12. The monoisotopic (exact) mass is 268 g/mol. The minimum absolute atomic E-state index is 0.271. The molecule has 0 saturated heterocycles. The van der Waals surface area contributed by atoms with Crippen molar-refractivity contribution in [1.82, 2.24) is 0 Å². The van der Waals surface area contributed by atoms with Crippen molar-refractivity contribution in [3.05, 3.63) is 23.8 Å². The van der Waals surface area contributed by atoms with Gasteiger partial charge in [-0.1, -0.05) is 23.8 Å². The summed E-state index contributed by atoms with van der Waals surface area (Å²) >= 11 is 0. The molecule has 4 heteroatoms. The fourth-order valence-corrected chi connectivity index (χ4v) is 2.13. The van der Waals surface area contributed by atoms with Gasteiger partial charge >= 0.3 is 11.9 Å². The van der Waals surface area contributed by atoms with E-state index in [4.69, 9.17) is 9.47 Å². The van der Waals surface area contributed by atoms with E-state index in [0.29, 0.717) is 0 Å². The van der Waals surface area contributed by atoms with E-state index in [9.17, 15) is 9.59 Å². The highest BCUT2D eigenvalue weighted by molar-refractivity contribution is 5.87. The lowest BCUT2D eigenvalue weighted by Crippen LogP contribution is -2.40. The Morgan fingerprint density at radius 2 is 1.84 bits per heavy atom. The van der Waals surface area contributed by atoms with Gasteiger partial charge in [-0.3, -0.25) is 9.59 Å². The van der Waals surface area contributed by atoms with Crippen LogP contribution >= 0.6 is 0 Å². The number of methoxy groups -OCH3 is 1. The van der Waals surface area contributed by atoms with E-state index in [1.165, 1.54) is 7.11 Å². The first kappa shape index (κ1) is 17.4. The second-order valence-electron chi connectivity index (χ2n) is 5.13. The largest absolute Gasteiger partial charge is 0.469 e. The van der Waals surface area contributed by atoms with Gasteiger partial charge in [-0.25, -0.2) is 0 Å². The van der Waals surface area contributed by atoms with Crippen molar-refractivity contribution >= 4 is 11.9 Å². The zero-order valence-corrected chi connectivity index (χ0v) is 12.7. The number of hydrogen-bond acceptors (Lipinski definition) is 4. The lowest BCUT2D eigenvalue weighted by molar-refractivity contribution is -0.163. The maximum atomic E-state index is 12.1. The van der Waals surface area contributed by atoms with Gasteiger partial charge in [0.1, 0.15) is 0 Å². The molecule has 4 nitrogen and oxygen atoms in total. The molecule has 0 spiro atoms. The van der Waals surface area contributed by atoms with Gasteiger partial charge in [0.05, 0.1) is 25.0 Å². The van der Waals surface area contributed by atoms with Gasteiger partial charge in [0, 0.05) is 0 Å². The molecule has 0 rings (SSSR count). The van der Waals surface area contributed by atoms with Gasteiger partial charge < -0.3 is 9.47 Å². The highest BCUT2D eigenvalue weighted by Gasteiger charge is 2.44. The van der Waals surface area contributed by atoms with Gasteiger partial charge in [0.15, 0.2) is 0 Å². The Kier molecular flexibility index (Phi) is 6.53. The van der Waals surface area contributed by atoms with Gasteiger partial charge in [0.2, 0.25) is 0 Å². The summed E-state index contributed by atoms with van der Waals surface area (Å²) in [5.41, 5.74) is 0.561. The van der Waals surface area contributed by atoms with E-state index in [1.54, 1.807) is 33.8 Å². The molecule has 19 heavy (non-hydrogen) atoms. The van der Waals surface area contributed by atoms with Crippen LogP contribution in [0.1, 0.15) is 34.6 Å². The van der Waals surface area contributed by atoms with Crippen LogP contribution in [0.5, 0.6) is 0 Å². The average molecular weight is 268 g/mol. The topological polar surface area (TPSA) is 52.6 Å². The van der Waals surface area contributed by atoms with E-state index in [-0.39, 0.29) is 6.61 Å². The van der Waals surface area contributed by atoms with Crippen LogP contribution in [0.4, 0.5) is 0 Å². The molecule has 0 fully saturated rings. The second-order valence-corrected chi connectivity index (χ2v) is 5.13. The van der Waals surface area contributed by atoms with Crippen molar-refractivity contribution in [3.63, 3.8) is 0 Å². The summed E-state index contributed by atoms with van der Waals surface area (Å²) in [4.78, 5) is 24.0. The molecular weight excluding hydrogens is 244 g/mol. The Bertz CT molecular complexity index is 391. The minimum atomic E-state index is -0.989. The standard InChI is InChI=1S/C15H24O4/c1-8-19-13(16)12(11(4)9-10(2)3)15(5,6)14(17)18-7/h9,12H,2,8H2,1,3-7H3/b11-9+. The summed E-state index contributed by atoms with van der Waals surface area (Å²) in [6.07, 6.45) is 1.78. The van der Waals surface area contributed by atoms with Crippen LogP contribution in [0.25, 0.3) is 0 Å². The molecule has 0 aliphatic carbocycles. The van der Waals surface area contributed by atoms with Gasteiger partial charge in [-0.15, -0.1) is 0 Å². The van der Waals surface area contributed by atoms with Crippen molar-refractivity contribution in [1.29, 1.82) is 0 Å². The molecule has 1 unspecified atom stereocenters. The molecule has 108 valence electrons. The molecule has 0 bridgehead atoms. The number of allylic oxidation sites excluding steroid dienone is 2. The summed E-state index contributed by atoms with van der Waals surface area (Å²) in [7, 11) is 1.31. The summed E-state index contributed by atoms with van der Waals surface area (Å²) in [6.45, 7) is 12.8. The molecule has 0 N–H and O–H groups in total. The average Bonchev–Trinajstić information content (AvgIpc) is 2.26.